The highest BCUT2D eigenvalue weighted by molar-refractivity contribution is 7.17. The Morgan fingerprint density at radius 2 is 2.16 bits per heavy atom. The number of benzene rings is 1. The van der Waals surface area contributed by atoms with Crippen molar-refractivity contribution in [3.63, 3.8) is 0 Å². The minimum Gasteiger partial charge on any atom is -0.454 e. The third-order valence-corrected chi connectivity index (χ3v) is 5.99. The average Bonchev–Trinajstić information content (AvgIpc) is 3.26. The van der Waals surface area contributed by atoms with Gasteiger partial charge in [0, 0.05) is 19.2 Å². The summed E-state index contributed by atoms with van der Waals surface area (Å²) >= 11 is 1.30. The number of nitrogens with zero attached hydrogens (tertiary/aromatic N) is 5. The standard InChI is InChI=1S/C19H16N6O5S/c1-23-17(26)16-13(6-7-31-16)24-15(21-22-19(23)24)9-30-18(27)10-2-5-12(20-11-3-4-11)14(8-10)25(28)29/h2,5-8,11,20H,3-4,9H2,1H3. The van der Waals surface area contributed by atoms with Crippen LogP contribution in [0, 0.1) is 10.1 Å². The molecule has 31 heavy (non-hydrogen) atoms. The Hall–Kier alpha value is -3.80. The number of aromatic nitrogens is 4. The molecule has 1 fully saturated rings. The van der Waals surface area contributed by atoms with Crippen molar-refractivity contribution in [3.8, 4) is 0 Å². The van der Waals surface area contributed by atoms with Gasteiger partial charge in [-0.3, -0.25) is 23.9 Å². The summed E-state index contributed by atoms with van der Waals surface area (Å²) < 4.78 is 8.93. The second-order valence-corrected chi connectivity index (χ2v) is 8.15. The predicted octanol–water partition coefficient (Wildman–Crippen LogP) is 2.48. The van der Waals surface area contributed by atoms with Crippen LogP contribution in [0.3, 0.4) is 0 Å². The second-order valence-electron chi connectivity index (χ2n) is 7.23. The van der Waals surface area contributed by atoms with Crippen molar-refractivity contribution in [1.29, 1.82) is 0 Å². The number of carbonyl (C=O) groups is 1. The van der Waals surface area contributed by atoms with Crippen molar-refractivity contribution >= 4 is 44.7 Å². The molecule has 3 heterocycles. The lowest BCUT2D eigenvalue weighted by Gasteiger charge is -2.08. The fourth-order valence-electron chi connectivity index (χ4n) is 3.34. The Morgan fingerprint density at radius 1 is 1.35 bits per heavy atom. The van der Waals surface area contributed by atoms with Crippen LogP contribution in [0.2, 0.25) is 0 Å². The van der Waals surface area contributed by atoms with Gasteiger partial charge in [0.2, 0.25) is 5.78 Å². The number of nitrogens with one attached hydrogen (secondary N) is 1. The Morgan fingerprint density at radius 3 is 2.90 bits per heavy atom. The lowest BCUT2D eigenvalue weighted by atomic mass is 10.1. The molecule has 1 saturated carbocycles. The third kappa shape index (κ3) is 3.30. The summed E-state index contributed by atoms with van der Waals surface area (Å²) in [6.45, 7) is -0.209. The van der Waals surface area contributed by atoms with E-state index in [4.69, 9.17) is 4.74 Å². The van der Waals surface area contributed by atoms with Gasteiger partial charge in [0.1, 0.15) is 10.4 Å². The fourth-order valence-corrected chi connectivity index (χ4v) is 4.19. The number of rotatable bonds is 6. The number of nitro benzene ring substituents is 1. The van der Waals surface area contributed by atoms with E-state index in [0.29, 0.717) is 27.5 Å². The van der Waals surface area contributed by atoms with Crippen LogP contribution in [0.15, 0.2) is 34.4 Å². The molecule has 0 aliphatic heterocycles. The van der Waals surface area contributed by atoms with Gasteiger partial charge in [-0.25, -0.2) is 4.79 Å². The molecular weight excluding hydrogens is 424 g/mol. The van der Waals surface area contributed by atoms with E-state index in [1.54, 1.807) is 22.9 Å². The number of thiophene rings is 1. The summed E-state index contributed by atoms with van der Waals surface area (Å²) in [5.41, 5.74) is 0.721. The minimum atomic E-state index is -0.718. The van der Waals surface area contributed by atoms with Gasteiger partial charge in [0.15, 0.2) is 12.4 Å². The number of esters is 1. The van der Waals surface area contributed by atoms with Crippen molar-refractivity contribution in [2.75, 3.05) is 5.32 Å². The molecule has 12 heteroatoms. The maximum absolute atomic E-state index is 12.6. The fraction of sp³-hybridized carbons (Fsp3) is 0.263. The zero-order chi connectivity index (χ0) is 21.7. The van der Waals surface area contributed by atoms with Crippen molar-refractivity contribution in [2.24, 2.45) is 7.05 Å². The molecule has 158 valence electrons. The normalized spacial score (nSPS) is 13.6. The zero-order valence-electron chi connectivity index (χ0n) is 16.3. The van der Waals surface area contributed by atoms with E-state index in [0.717, 1.165) is 12.8 Å². The molecule has 1 aromatic carbocycles. The topological polar surface area (TPSA) is 134 Å². The number of hydrogen-bond donors (Lipinski definition) is 1. The van der Waals surface area contributed by atoms with Crippen molar-refractivity contribution in [2.45, 2.75) is 25.5 Å². The molecule has 0 saturated heterocycles. The third-order valence-electron chi connectivity index (χ3n) is 5.10. The van der Waals surface area contributed by atoms with Gasteiger partial charge in [-0.15, -0.1) is 21.5 Å². The average molecular weight is 440 g/mol. The summed E-state index contributed by atoms with van der Waals surface area (Å²) in [7, 11) is 1.59. The maximum Gasteiger partial charge on any atom is 0.338 e. The van der Waals surface area contributed by atoms with Crippen LogP contribution in [0.5, 0.6) is 0 Å². The maximum atomic E-state index is 12.6. The van der Waals surface area contributed by atoms with Gasteiger partial charge in [0.25, 0.3) is 11.2 Å². The Labute approximate surface area is 178 Å². The Balaban J connectivity index is 1.42. The molecule has 4 aromatic rings. The van der Waals surface area contributed by atoms with Crippen molar-refractivity contribution in [3.05, 3.63) is 61.5 Å². The molecule has 0 radical (unpaired) electrons. The number of fused-ring (bicyclic) bond motifs is 3. The molecule has 0 bridgehead atoms. The SMILES string of the molecule is Cn1c(=O)c2sccc2n2c(COC(=O)c3ccc(NC4CC4)c([N+](=O)[O-])c3)nnc12. The smallest absolute Gasteiger partial charge is 0.338 e. The molecule has 0 amide bonds. The van der Waals surface area contributed by atoms with E-state index in [1.807, 2.05) is 0 Å². The molecule has 5 rings (SSSR count). The van der Waals surface area contributed by atoms with Crippen LogP contribution in [0.1, 0.15) is 29.0 Å². The molecule has 0 spiro atoms. The van der Waals surface area contributed by atoms with E-state index in [2.05, 4.69) is 15.5 Å². The van der Waals surface area contributed by atoms with Crippen LogP contribution < -0.4 is 10.9 Å². The van der Waals surface area contributed by atoms with E-state index >= 15 is 0 Å². The number of hydrogen-bond acceptors (Lipinski definition) is 9. The van der Waals surface area contributed by atoms with Gasteiger partial charge in [-0.1, -0.05) is 0 Å². The lowest BCUT2D eigenvalue weighted by Crippen LogP contribution is -2.19. The predicted molar refractivity (Wildman–Crippen MR) is 112 cm³/mol. The molecule has 1 aliphatic rings. The Bertz CT molecular complexity index is 1420. The van der Waals surface area contributed by atoms with Crippen LogP contribution in [-0.4, -0.2) is 36.1 Å². The second kappa shape index (κ2) is 7.16. The number of nitro groups is 1. The van der Waals surface area contributed by atoms with E-state index in [1.165, 1.54) is 34.1 Å². The number of ether oxygens (including phenoxy) is 1. The molecule has 3 aromatic heterocycles. The first-order valence-electron chi connectivity index (χ1n) is 9.46. The van der Waals surface area contributed by atoms with Gasteiger partial charge < -0.3 is 10.1 Å². The van der Waals surface area contributed by atoms with E-state index in [-0.39, 0.29) is 29.5 Å². The first-order valence-corrected chi connectivity index (χ1v) is 10.3. The molecule has 1 aliphatic carbocycles. The van der Waals surface area contributed by atoms with Gasteiger partial charge in [-0.2, -0.15) is 0 Å². The number of aryl methyl sites for hydroxylation is 1. The van der Waals surface area contributed by atoms with Gasteiger partial charge in [0.05, 0.1) is 16.0 Å². The van der Waals surface area contributed by atoms with Crippen LogP contribution in [0.4, 0.5) is 11.4 Å². The molecule has 0 atom stereocenters. The van der Waals surface area contributed by atoms with Gasteiger partial charge in [-0.05, 0) is 36.4 Å². The van der Waals surface area contributed by atoms with E-state index < -0.39 is 10.9 Å². The number of anilines is 1. The highest BCUT2D eigenvalue weighted by Crippen LogP contribution is 2.31. The minimum absolute atomic E-state index is 0.0648. The first-order chi connectivity index (χ1) is 14.9. The van der Waals surface area contributed by atoms with Crippen molar-refractivity contribution < 1.29 is 14.5 Å². The molecular formula is C19H16N6O5S. The molecule has 0 unspecified atom stereocenters. The zero-order valence-corrected chi connectivity index (χ0v) is 17.1. The highest BCUT2D eigenvalue weighted by atomic mass is 32.1. The molecule has 1 N–H and O–H groups in total. The van der Waals surface area contributed by atoms with E-state index in [9.17, 15) is 19.7 Å². The Kier molecular flexibility index (Phi) is 4.43. The summed E-state index contributed by atoms with van der Waals surface area (Å²) in [4.78, 5) is 35.8. The highest BCUT2D eigenvalue weighted by Gasteiger charge is 2.26. The van der Waals surface area contributed by atoms with Crippen LogP contribution in [-0.2, 0) is 18.4 Å². The van der Waals surface area contributed by atoms with Crippen LogP contribution >= 0.6 is 11.3 Å². The molecule has 11 nitrogen and oxygen atoms in total. The van der Waals surface area contributed by atoms with Crippen molar-refractivity contribution in [1.82, 2.24) is 19.2 Å². The lowest BCUT2D eigenvalue weighted by molar-refractivity contribution is -0.384. The monoisotopic (exact) mass is 440 g/mol. The summed E-state index contributed by atoms with van der Waals surface area (Å²) in [6, 6.07) is 6.23. The quantitative estimate of drug-likeness (QED) is 0.275. The van der Waals surface area contributed by atoms with Gasteiger partial charge >= 0.3 is 5.97 Å². The first kappa shape index (κ1) is 19.2. The summed E-state index contributed by atoms with van der Waals surface area (Å²) in [6.07, 6.45) is 1.94. The summed E-state index contributed by atoms with van der Waals surface area (Å²) in [5.74, 6) is -0.0545. The number of carbonyl (C=O) groups excluding carboxylic acids is 1. The summed E-state index contributed by atoms with van der Waals surface area (Å²) in [5, 5.41) is 24.4. The van der Waals surface area contributed by atoms with Crippen LogP contribution in [0.25, 0.3) is 16.0 Å². The largest absolute Gasteiger partial charge is 0.454 e.